The number of fused-ring (bicyclic) bond motifs is 1. The van der Waals surface area contributed by atoms with Crippen LogP contribution in [-0.4, -0.2) is 27.4 Å². The van der Waals surface area contributed by atoms with Crippen molar-refractivity contribution in [1.82, 2.24) is 14.9 Å². The predicted molar refractivity (Wildman–Crippen MR) is 106 cm³/mol. The number of carbonyl (C=O) groups excluding carboxylic acids is 2. The molecule has 140 valence electrons. The van der Waals surface area contributed by atoms with E-state index >= 15 is 0 Å². The number of carbonyl (C=O) groups is 2. The summed E-state index contributed by atoms with van der Waals surface area (Å²) in [5, 5.41) is 2.77. The Morgan fingerprint density at radius 3 is 2.41 bits per heavy atom. The zero-order chi connectivity index (χ0) is 19.4. The Balaban J connectivity index is 1.95. The van der Waals surface area contributed by atoms with Gasteiger partial charge in [0.05, 0.1) is 17.6 Å². The van der Waals surface area contributed by atoms with Crippen molar-refractivity contribution in [3.63, 3.8) is 0 Å². The highest BCUT2D eigenvalue weighted by atomic mass is 16.2. The van der Waals surface area contributed by atoms with E-state index in [4.69, 9.17) is 0 Å². The van der Waals surface area contributed by atoms with Crippen LogP contribution in [0.2, 0.25) is 0 Å². The van der Waals surface area contributed by atoms with Gasteiger partial charge in [-0.3, -0.25) is 9.59 Å². The number of para-hydroxylation sites is 3. The van der Waals surface area contributed by atoms with Crippen LogP contribution in [0.1, 0.15) is 26.6 Å². The molecule has 0 atom stereocenters. The van der Waals surface area contributed by atoms with Gasteiger partial charge in [0, 0.05) is 18.7 Å². The Morgan fingerprint density at radius 2 is 1.74 bits per heavy atom. The SMILES string of the molecule is CC(=O)NCc1nc2ccccc2n1CC(=O)N(c1ccccc1)C(C)C. The van der Waals surface area contributed by atoms with Gasteiger partial charge in [0.25, 0.3) is 0 Å². The normalized spacial score (nSPS) is 11.0. The molecule has 2 aromatic carbocycles. The molecule has 2 amide bonds. The highest BCUT2D eigenvalue weighted by Crippen LogP contribution is 2.20. The third-order valence-electron chi connectivity index (χ3n) is 4.34. The van der Waals surface area contributed by atoms with Gasteiger partial charge in [-0.1, -0.05) is 30.3 Å². The molecule has 0 unspecified atom stereocenters. The molecule has 3 aromatic rings. The minimum absolute atomic E-state index is 0.0217. The van der Waals surface area contributed by atoms with Crippen LogP contribution in [0, 0.1) is 0 Å². The van der Waals surface area contributed by atoms with Crippen LogP contribution in [0.4, 0.5) is 5.69 Å². The summed E-state index contributed by atoms with van der Waals surface area (Å²) in [6.45, 7) is 5.89. The number of nitrogens with zero attached hydrogens (tertiary/aromatic N) is 3. The molecular formula is C21H24N4O2. The van der Waals surface area contributed by atoms with Crippen LogP contribution >= 0.6 is 0 Å². The molecule has 0 saturated carbocycles. The fourth-order valence-electron chi connectivity index (χ4n) is 3.17. The molecule has 0 aliphatic heterocycles. The maximum absolute atomic E-state index is 13.2. The van der Waals surface area contributed by atoms with E-state index < -0.39 is 0 Å². The molecule has 1 N–H and O–H groups in total. The molecule has 0 radical (unpaired) electrons. The lowest BCUT2D eigenvalue weighted by atomic mass is 10.2. The van der Waals surface area contributed by atoms with Crippen LogP contribution in [0.3, 0.4) is 0 Å². The van der Waals surface area contributed by atoms with Crippen LogP contribution in [0.25, 0.3) is 11.0 Å². The molecule has 27 heavy (non-hydrogen) atoms. The van der Waals surface area contributed by atoms with Gasteiger partial charge in [0.15, 0.2) is 0 Å². The van der Waals surface area contributed by atoms with Crippen LogP contribution in [0.5, 0.6) is 0 Å². The molecule has 0 spiro atoms. The summed E-state index contributed by atoms with van der Waals surface area (Å²) in [6, 6.07) is 17.3. The minimum atomic E-state index is -0.131. The van der Waals surface area contributed by atoms with Gasteiger partial charge in [0.2, 0.25) is 11.8 Å². The van der Waals surface area contributed by atoms with Gasteiger partial charge in [-0.2, -0.15) is 0 Å². The Labute approximate surface area is 158 Å². The Morgan fingerprint density at radius 1 is 1.07 bits per heavy atom. The Hall–Kier alpha value is -3.15. The van der Waals surface area contributed by atoms with E-state index in [9.17, 15) is 9.59 Å². The second-order valence-corrected chi connectivity index (χ2v) is 6.71. The summed E-state index contributed by atoms with van der Waals surface area (Å²) in [7, 11) is 0. The first-order chi connectivity index (χ1) is 13.0. The van der Waals surface area contributed by atoms with Crippen molar-refractivity contribution in [3.8, 4) is 0 Å². The second kappa shape index (κ2) is 8.03. The van der Waals surface area contributed by atoms with E-state index in [1.807, 2.05) is 73.0 Å². The zero-order valence-electron chi connectivity index (χ0n) is 15.8. The van der Waals surface area contributed by atoms with Crippen molar-refractivity contribution >= 4 is 28.5 Å². The molecular weight excluding hydrogens is 340 g/mol. The fraction of sp³-hybridized carbons (Fsp3) is 0.286. The van der Waals surface area contributed by atoms with E-state index in [-0.39, 0.29) is 30.9 Å². The molecule has 0 bridgehead atoms. The van der Waals surface area contributed by atoms with Crippen molar-refractivity contribution < 1.29 is 9.59 Å². The molecule has 3 rings (SSSR count). The van der Waals surface area contributed by atoms with Gasteiger partial charge in [0.1, 0.15) is 12.4 Å². The van der Waals surface area contributed by atoms with E-state index in [0.717, 1.165) is 16.7 Å². The Kier molecular flexibility index (Phi) is 5.54. The van der Waals surface area contributed by atoms with Crippen molar-refractivity contribution in [2.24, 2.45) is 0 Å². The summed E-state index contributed by atoms with van der Waals surface area (Å²) < 4.78 is 1.88. The predicted octanol–water partition coefficient (Wildman–Crippen LogP) is 3.11. The average Bonchev–Trinajstić information content (AvgIpc) is 2.98. The third-order valence-corrected chi connectivity index (χ3v) is 4.34. The average molecular weight is 364 g/mol. The van der Waals surface area contributed by atoms with Crippen molar-refractivity contribution in [2.45, 2.75) is 39.9 Å². The van der Waals surface area contributed by atoms with E-state index in [2.05, 4.69) is 10.3 Å². The molecule has 0 aliphatic carbocycles. The largest absolute Gasteiger partial charge is 0.349 e. The molecule has 0 saturated heterocycles. The summed E-state index contributed by atoms with van der Waals surface area (Å²) in [6.07, 6.45) is 0. The van der Waals surface area contributed by atoms with Gasteiger partial charge >= 0.3 is 0 Å². The minimum Gasteiger partial charge on any atom is -0.349 e. The van der Waals surface area contributed by atoms with Gasteiger partial charge < -0.3 is 14.8 Å². The van der Waals surface area contributed by atoms with Crippen LogP contribution < -0.4 is 10.2 Å². The lowest BCUT2D eigenvalue weighted by Crippen LogP contribution is -2.39. The number of amides is 2. The molecule has 6 heteroatoms. The van der Waals surface area contributed by atoms with E-state index in [1.54, 1.807) is 4.90 Å². The number of hydrogen-bond acceptors (Lipinski definition) is 3. The summed E-state index contributed by atoms with van der Waals surface area (Å²) in [5.74, 6) is 0.507. The third kappa shape index (κ3) is 4.16. The summed E-state index contributed by atoms with van der Waals surface area (Å²) in [5.41, 5.74) is 2.55. The summed E-state index contributed by atoms with van der Waals surface area (Å²) >= 11 is 0. The van der Waals surface area contributed by atoms with Gasteiger partial charge in [-0.05, 0) is 38.1 Å². The number of benzene rings is 2. The fourth-order valence-corrected chi connectivity index (χ4v) is 3.17. The first kappa shape index (κ1) is 18.6. The van der Waals surface area contributed by atoms with E-state index in [1.165, 1.54) is 6.92 Å². The monoisotopic (exact) mass is 364 g/mol. The molecule has 6 nitrogen and oxygen atoms in total. The quantitative estimate of drug-likeness (QED) is 0.731. The molecule has 1 aromatic heterocycles. The Bertz CT molecular complexity index is 947. The summed E-state index contributed by atoms with van der Waals surface area (Å²) in [4.78, 5) is 30.9. The molecule has 1 heterocycles. The number of hydrogen-bond donors (Lipinski definition) is 1. The smallest absolute Gasteiger partial charge is 0.247 e. The molecule has 0 aliphatic rings. The lowest BCUT2D eigenvalue weighted by Gasteiger charge is -2.27. The topological polar surface area (TPSA) is 67.2 Å². The zero-order valence-corrected chi connectivity index (χ0v) is 15.8. The lowest BCUT2D eigenvalue weighted by molar-refractivity contribution is -0.119. The number of anilines is 1. The molecule has 0 fully saturated rings. The van der Waals surface area contributed by atoms with Crippen molar-refractivity contribution in [2.75, 3.05) is 4.90 Å². The maximum atomic E-state index is 13.2. The number of nitrogens with one attached hydrogen (secondary N) is 1. The van der Waals surface area contributed by atoms with Crippen LogP contribution in [0.15, 0.2) is 54.6 Å². The van der Waals surface area contributed by atoms with Gasteiger partial charge in [-0.25, -0.2) is 4.98 Å². The number of imidazole rings is 1. The number of rotatable bonds is 6. The van der Waals surface area contributed by atoms with Crippen LogP contribution in [-0.2, 0) is 22.7 Å². The second-order valence-electron chi connectivity index (χ2n) is 6.71. The maximum Gasteiger partial charge on any atom is 0.247 e. The first-order valence-corrected chi connectivity index (χ1v) is 9.03. The van der Waals surface area contributed by atoms with Crippen molar-refractivity contribution in [3.05, 3.63) is 60.4 Å². The van der Waals surface area contributed by atoms with Crippen molar-refractivity contribution in [1.29, 1.82) is 0 Å². The number of aromatic nitrogens is 2. The standard InChI is InChI=1S/C21H24N4O2/c1-15(2)25(17-9-5-4-6-10-17)21(27)14-24-19-12-8-7-11-18(19)23-20(24)13-22-16(3)26/h4-12,15H,13-14H2,1-3H3,(H,22,26). The van der Waals surface area contributed by atoms with E-state index in [0.29, 0.717) is 5.82 Å². The van der Waals surface area contributed by atoms with Gasteiger partial charge in [-0.15, -0.1) is 0 Å². The first-order valence-electron chi connectivity index (χ1n) is 9.03. The highest BCUT2D eigenvalue weighted by Gasteiger charge is 2.21. The highest BCUT2D eigenvalue weighted by molar-refractivity contribution is 5.94.